The van der Waals surface area contributed by atoms with Gasteiger partial charge >= 0.3 is 0 Å². The number of nitrogens with one attached hydrogen (secondary N) is 2. The number of carbonyl (C=O) groups excluding carboxylic acids is 2. The maximum absolute atomic E-state index is 12.3. The van der Waals surface area contributed by atoms with Crippen LogP contribution in [0.2, 0.25) is 0 Å². The lowest BCUT2D eigenvalue weighted by Gasteiger charge is -2.23. The lowest BCUT2D eigenvalue weighted by Crippen LogP contribution is -2.37. The van der Waals surface area contributed by atoms with Crippen molar-refractivity contribution in [2.45, 2.75) is 6.92 Å². The van der Waals surface area contributed by atoms with Crippen LogP contribution in [0.25, 0.3) is 0 Å². The van der Waals surface area contributed by atoms with Crippen molar-refractivity contribution in [3.05, 3.63) is 59.7 Å². The molecular weight excluding hydrogens is 354 g/mol. The van der Waals surface area contributed by atoms with Crippen molar-refractivity contribution in [3.63, 3.8) is 0 Å². The number of anilines is 2. The standard InChI is InChI=1S/C18H21N3O4S/c1-13-6-4-5-7-16(13)21(26(3,24)25)12-17(22)20-15-10-8-14(9-11-15)18(23)19-2/h4-11H,12H2,1-3H3,(H,19,23)(H,20,22). The van der Waals surface area contributed by atoms with Crippen molar-refractivity contribution in [2.75, 3.05) is 29.5 Å². The van der Waals surface area contributed by atoms with E-state index in [2.05, 4.69) is 10.6 Å². The number of aryl methyl sites for hydroxylation is 1. The summed E-state index contributed by atoms with van der Waals surface area (Å²) < 4.78 is 25.3. The van der Waals surface area contributed by atoms with Gasteiger partial charge in [-0.05, 0) is 42.8 Å². The summed E-state index contributed by atoms with van der Waals surface area (Å²) in [5.74, 6) is -0.711. The second-order valence-electron chi connectivity index (χ2n) is 5.76. The maximum Gasteiger partial charge on any atom is 0.251 e. The van der Waals surface area contributed by atoms with E-state index in [9.17, 15) is 18.0 Å². The van der Waals surface area contributed by atoms with Crippen LogP contribution < -0.4 is 14.9 Å². The monoisotopic (exact) mass is 375 g/mol. The van der Waals surface area contributed by atoms with Crippen molar-refractivity contribution in [1.82, 2.24) is 5.32 Å². The molecule has 0 fully saturated rings. The van der Waals surface area contributed by atoms with Crippen LogP contribution in [0.5, 0.6) is 0 Å². The van der Waals surface area contributed by atoms with Gasteiger partial charge in [-0.25, -0.2) is 8.42 Å². The molecule has 0 unspecified atom stereocenters. The van der Waals surface area contributed by atoms with E-state index < -0.39 is 15.9 Å². The number of sulfonamides is 1. The second-order valence-corrected chi connectivity index (χ2v) is 7.67. The fourth-order valence-corrected chi connectivity index (χ4v) is 3.32. The normalized spacial score (nSPS) is 10.9. The molecule has 0 atom stereocenters. The molecule has 0 spiro atoms. The lowest BCUT2D eigenvalue weighted by atomic mass is 10.2. The third-order valence-corrected chi connectivity index (χ3v) is 4.86. The van der Waals surface area contributed by atoms with Crippen molar-refractivity contribution < 1.29 is 18.0 Å². The van der Waals surface area contributed by atoms with Crippen LogP contribution in [0, 0.1) is 6.92 Å². The van der Waals surface area contributed by atoms with Gasteiger partial charge in [-0.1, -0.05) is 18.2 Å². The van der Waals surface area contributed by atoms with E-state index >= 15 is 0 Å². The third-order valence-electron chi connectivity index (χ3n) is 3.73. The number of hydrogen-bond acceptors (Lipinski definition) is 4. The molecule has 138 valence electrons. The van der Waals surface area contributed by atoms with Gasteiger partial charge in [0.05, 0.1) is 11.9 Å². The van der Waals surface area contributed by atoms with Gasteiger partial charge < -0.3 is 10.6 Å². The van der Waals surface area contributed by atoms with Crippen molar-refractivity contribution in [2.24, 2.45) is 0 Å². The average molecular weight is 375 g/mol. The van der Waals surface area contributed by atoms with E-state index in [0.717, 1.165) is 16.1 Å². The van der Waals surface area contributed by atoms with Gasteiger partial charge in [0, 0.05) is 18.3 Å². The van der Waals surface area contributed by atoms with Gasteiger partial charge in [-0.15, -0.1) is 0 Å². The maximum atomic E-state index is 12.3. The van der Waals surface area contributed by atoms with Crippen LogP contribution in [-0.2, 0) is 14.8 Å². The molecule has 8 heteroatoms. The first kappa shape index (κ1) is 19.5. The first-order valence-electron chi connectivity index (χ1n) is 7.87. The Labute approximate surface area is 153 Å². The van der Waals surface area contributed by atoms with Gasteiger partial charge in [0.25, 0.3) is 5.91 Å². The molecule has 0 heterocycles. The number of para-hydroxylation sites is 1. The molecular formula is C18H21N3O4S. The number of amides is 2. The second kappa shape index (κ2) is 8.01. The van der Waals surface area contributed by atoms with Crippen molar-refractivity contribution in [1.29, 1.82) is 0 Å². The summed E-state index contributed by atoms with van der Waals surface area (Å²) in [6.45, 7) is 1.43. The minimum atomic E-state index is -3.63. The Morgan fingerprint density at radius 1 is 1.04 bits per heavy atom. The van der Waals surface area contributed by atoms with E-state index in [4.69, 9.17) is 0 Å². The Bertz CT molecular complexity index is 908. The van der Waals surface area contributed by atoms with Gasteiger partial charge in [0.1, 0.15) is 6.54 Å². The summed E-state index contributed by atoms with van der Waals surface area (Å²) in [5, 5.41) is 5.15. The van der Waals surface area contributed by atoms with E-state index in [-0.39, 0.29) is 12.5 Å². The molecule has 2 N–H and O–H groups in total. The summed E-state index contributed by atoms with van der Waals surface area (Å²) in [4.78, 5) is 23.9. The first-order chi connectivity index (χ1) is 12.2. The molecule has 2 aromatic rings. The van der Waals surface area contributed by atoms with Crippen LogP contribution in [-0.4, -0.2) is 40.1 Å². The van der Waals surface area contributed by atoms with Gasteiger partial charge in [0.2, 0.25) is 15.9 Å². The highest BCUT2D eigenvalue weighted by Crippen LogP contribution is 2.22. The predicted molar refractivity (Wildman–Crippen MR) is 102 cm³/mol. The molecule has 0 bridgehead atoms. The molecule has 0 saturated carbocycles. The minimum absolute atomic E-state index is 0.231. The zero-order valence-corrected chi connectivity index (χ0v) is 15.6. The molecule has 2 aromatic carbocycles. The predicted octanol–water partition coefficient (Wildman–Crippen LogP) is 1.76. The molecule has 0 radical (unpaired) electrons. The fourth-order valence-electron chi connectivity index (χ4n) is 2.40. The summed E-state index contributed by atoms with van der Waals surface area (Å²) in [6, 6.07) is 13.3. The Morgan fingerprint density at radius 3 is 2.19 bits per heavy atom. The third kappa shape index (κ3) is 4.82. The topological polar surface area (TPSA) is 95.6 Å². The Kier molecular flexibility index (Phi) is 5.99. The molecule has 0 aromatic heterocycles. The fraction of sp³-hybridized carbons (Fsp3) is 0.222. The van der Waals surface area contributed by atoms with Crippen LogP contribution >= 0.6 is 0 Å². The van der Waals surface area contributed by atoms with Crippen LogP contribution in [0.15, 0.2) is 48.5 Å². The van der Waals surface area contributed by atoms with Gasteiger partial charge in [-0.3, -0.25) is 13.9 Å². The summed E-state index contributed by atoms with van der Waals surface area (Å²) in [5.41, 5.74) is 2.14. The van der Waals surface area contributed by atoms with Crippen molar-refractivity contribution in [3.8, 4) is 0 Å². The Hall–Kier alpha value is -2.87. The quantitative estimate of drug-likeness (QED) is 0.804. The summed E-state index contributed by atoms with van der Waals surface area (Å²) in [7, 11) is -2.10. The summed E-state index contributed by atoms with van der Waals surface area (Å²) in [6.07, 6.45) is 1.06. The molecule has 7 nitrogen and oxygen atoms in total. The lowest BCUT2D eigenvalue weighted by molar-refractivity contribution is -0.114. The average Bonchev–Trinajstić information content (AvgIpc) is 2.59. The largest absolute Gasteiger partial charge is 0.355 e. The highest BCUT2D eigenvalue weighted by atomic mass is 32.2. The zero-order valence-electron chi connectivity index (χ0n) is 14.8. The van der Waals surface area contributed by atoms with E-state index in [0.29, 0.717) is 16.9 Å². The molecule has 26 heavy (non-hydrogen) atoms. The highest BCUT2D eigenvalue weighted by Gasteiger charge is 2.22. The molecule has 0 saturated heterocycles. The number of carbonyl (C=O) groups is 2. The molecule has 0 aliphatic heterocycles. The first-order valence-corrected chi connectivity index (χ1v) is 9.72. The highest BCUT2D eigenvalue weighted by molar-refractivity contribution is 7.92. The molecule has 0 aliphatic rings. The van der Waals surface area contributed by atoms with E-state index in [1.165, 1.54) is 7.05 Å². The number of rotatable bonds is 6. The summed E-state index contributed by atoms with van der Waals surface area (Å²) >= 11 is 0. The Morgan fingerprint density at radius 2 is 1.65 bits per heavy atom. The molecule has 2 amide bonds. The smallest absolute Gasteiger partial charge is 0.251 e. The number of nitrogens with zero attached hydrogens (tertiary/aromatic N) is 1. The van der Waals surface area contributed by atoms with Crippen LogP contribution in [0.1, 0.15) is 15.9 Å². The SMILES string of the molecule is CNC(=O)c1ccc(NC(=O)CN(c2ccccc2C)S(C)(=O)=O)cc1. The van der Waals surface area contributed by atoms with Crippen LogP contribution in [0.4, 0.5) is 11.4 Å². The molecule has 0 aliphatic carbocycles. The Balaban J connectivity index is 2.16. The van der Waals surface area contributed by atoms with Crippen LogP contribution in [0.3, 0.4) is 0 Å². The molecule has 2 rings (SSSR count). The van der Waals surface area contributed by atoms with E-state index in [1.807, 2.05) is 0 Å². The van der Waals surface area contributed by atoms with Gasteiger partial charge in [0.15, 0.2) is 0 Å². The number of benzene rings is 2. The zero-order chi connectivity index (χ0) is 19.3. The van der Waals surface area contributed by atoms with Crippen molar-refractivity contribution >= 4 is 33.2 Å². The minimum Gasteiger partial charge on any atom is -0.355 e. The van der Waals surface area contributed by atoms with E-state index in [1.54, 1.807) is 55.5 Å². The number of hydrogen-bond donors (Lipinski definition) is 2. The van der Waals surface area contributed by atoms with Gasteiger partial charge in [-0.2, -0.15) is 0 Å².